The highest BCUT2D eigenvalue weighted by Crippen LogP contribution is 2.36. The van der Waals surface area contributed by atoms with Gasteiger partial charge in [0, 0.05) is 30.4 Å². The van der Waals surface area contributed by atoms with Crippen molar-refractivity contribution in [3.8, 4) is 17.2 Å². The van der Waals surface area contributed by atoms with Crippen molar-refractivity contribution in [2.24, 2.45) is 4.99 Å². The molecule has 0 saturated heterocycles. The zero-order valence-electron chi connectivity index (χ0n) is 23.7. The number of anilines is 1. The van der Waals surface area contributed by atoms with Crippen LogP contribution in [0.3, 0.4) is 0 Å². The lowest BCUT2D eigenvalue weighted by atomic mass is 9.95. The quantitative estimate of drug-likeness (QED) is 0.374. The third kappa shape index (κ3) is 5.49. The smallest absolute Gasteiger partial charge is 0.338 e. The van der Waals surface area contributed by atoms with E-state index in [9.17, 15) is 14.7 Å². The summed E-state index contributed by atoms with van der Waals surface area (Å²) >= 11 is 1.20. The Kier molecular flexibility index (Phi) is 8.99. The van der Waals surface area contributed by atoms with E-state index in [2.05, 4.69) is 23.7 Å². The molecule has 1 aliphatic heterocycles. The molecule has 0 amide bonds. The number of ether oxygens (including phenoxy) is 3. The second-order valence-corrected chi connectivity index (χ2v) is 10.1. The number of aromatic hydroxyl groups is 1. The van der Waals surface area contributed by atoms with Crippen LogP contribution in [-0.2, 0) is 9.53 Å². The molecule has 9 nitrogen and oxygen atoms in total. The molecule has 4 rings (SSSR count). The molecule has 1 atom stereocenters. The van der Waals surface area contributed by atoms with Crippen molar-refractivity contribution in [1.82, 2.24) is 4.57 Å². The number of aromatic nitrogens is 1. The van der Waals surface area contributed by atoms with Gasteiger partial charge in [-0.15, -0.1) is 0 Å². The van der Waals surface area contributed by atoms with E-state index in [1.165, 1.54) is 15.9 Å². The molecule has 0 bridgehead atoms. The fourth-order valence-electron chi connectivity index (χ4n) is 4.82. The van der Waals surface area contributed by atoms with Crippen LogP contribution in [0.25, 0.3) is 6.08 Å². The number of nitrogens with zero attached hydrogens (tertiary/aromatic N) is 3. The van der Waals surface area contributed by atoms with Gasteiger partial charge < -0.3 is 24.2 Å². The topological polar surface area (TPSA) is 103 Å². The number of thiazole rings is 1. The van der Waals surface area contributed by atoms with Gasteiger partial charge in [0.15, 0.2) is 16.3 Å². The maximum absolute atomic E-state index is 13.9. The third-order valence-corrected chi connectivity index (χ3v) is 7.73. The minimum absolute atomic E-state index is 0.0756. The molecule has 1 aliphatic rings. The number of rotatable bonds is 10. The van der Waals surface area contributed by atoms with Crippen molar-refractivity contribution in [2.45, 2.75) is 40.7 Å². The second kappa shape index (κ2) is 12.4. The molecule has 0 spiro atoms. The molecule has 1 aromatic heterocycles. The summed E-state index contributed by atoms with van der Waals surface area (Å²) in [6.07, 6.45) is 1.66. The van der Waals surface area contributed by atoms with Gasteiger partial charge in [0.05, 0.1) is 42.2 Å². The first kappa shape index (κ1) is 28.9. The third-order valence-electron chi connectivity index (χ3n) is 6.75. The molecule has 40 heavy (non-hydrogen) atoms. The van der Waals surface area contributed by atoms with Crippen LogP contribution in [0.1, 0.15) is 51.8 Å². The number of carbonyl (C=O) groups excluding carboxylic acids is 1. The monoisotopic (exact) mass is 565 g/mol. The van der Waals surface area contributed by atoms with E-state index in [0.29, 0.717) is 44.3 Å². The van der Waals surface area contributed by atoms with Gasteiger partial charge in [0.2, 0.25) is 0 Å². The SMILES string of the molecule is CCOC(=O)C1=C(C)N=c2s/c(=C/c3ccc(N(CC)CC)cc3O)c(=O)n2[C@@H]1c1ccc(OC)c(OCC)c1. The van der Waals surface area contributed by atoms with Gasteiger partial charge in [-0.2, -0.15) is 0 Å². The highest BCUT2D eigenvalue weighted by Gasteiger charge is 2.34. The van der Waals surface area contributed by atoms with Crippen LogP contribution in [0.4, 0.5) is 5.69 Å². The largest absolute Gasteiger partial charge is 0.507 e. The lowest BCUT2D eigenvalue weighted by Gasteiger charge is -2.25. The van der Waals surface area contributed by atoms with Crippen LogP contribution < -0.4 is 29.3 Å². The molecule has 0 radical (unpaired) electrons. The average Bonchev–Trinajstić information content (AvgIpc) is 3.24. The average molecular weight is 566 g/mol. The molecule has 0 aliphatic carbocycles. The first-order valence-corrected chi connectivity index (χ1v) is 14.2. The second-order valence-electron chi connectivity index (χ2n) is 9.06. The van der Waals surface area contributed by atoms with E-state index in [1.807, 2.05) is 13.0 Å². The number of methoxy groups -OCH3 is 1. The van der Waals surface area contributed by atoms with Crippen molar-refractivity contribution in [2.75, 3.05) is 38.3 Å². The molecule has 0 unspecified atom stereocenters. The summed E-state index contributed by atoms with van der Waals surface area (Å²) in [4.78, 5) is 34.3. The van der Waals surface area contributed by atoms with Crippen LogP contribution in [0.2, 0.25) is 0 Å². The van der Waals surface area contributed by atoms with Crippen molar-refractivity contribution < 1.29 is 24.1 Å². The van der Waals surface area contributed by atoms with Gasteiger partial charge in [-0.25, -0.2) is 9.79 Å². The number of carbonyl (C=O) groups is 1. The predicted octanol–water partition coefficient (Wildman–Crippen LogP) is 3.76. The normalized spacial score (nSPS) is 14.9. The lowest BCUT2D eigenvalue weighted by Crippen LogP contribution is -2.40. The van der Waals surface area contributed by atoms with E-state index < -0.39 is 12.0 Å². The summed E-state index contributed by atoms with van der Waals surface area (Å²) in [5.41, 5.74) is 2.49. The Morgan fingerprint density at radius 1 is 1.10 bits per heavy atom. The first-order valence-electron chi connectivity index (χ1n) is 13.4. The number of phenols is 1. The zero-order valence-corrected chi connectivity index (χ0v) is 24.5. The molecular weight excluding hydrogens is 530 g/mol. The van der Waals surface area contributed by atoms with Crippen LogP contribution in [0.5, 0.6) is 17.2 Å². The van der Waals surface area contributed by atoms with Crippen LogP contribution >= 0.6 is 11.3 Å². The zero-order chi connectivity index (χ0) is 29.0. The van der Waals surface area contributed by atoms with Crippen LogP contribution in [-0.4, -0.2) is 49.1 Å². The molecular formula is C30H35N3O6S. The fourth-order valence-corrected chi connectivity index (χ4v) is 5.86. The molecule has 212 valence electrons. The number of hydrogen-bond acceptors (Lipinski definition) is 9. The summed E-state index contributed by atoms with van der Waals surface area (Å²) in [5, 5.41) is 10.8. The summed E-state index contributed by atoms with van der Waals surface area (Å²) in [7, 11) is 1.55. The molecule has 0 saturated carbocycles. The molecule has 0 fully saturated rings. The maximum atomic E-state index is 13.9. The van der Waals surface area contributed by atoms with Crippen LogP contribution in [0.15, 0.2) is 57.5 Å². The van der Waals surface area contributed by atoms with Crippen LogP contribution in [0, 0.1) is 0 Å². The van der Waals surface area contributed by atoms with Crippen molar-refractivity contribution >= 4 is 29.1 Å². The number of allylic oxidation sites excluding steroid dienone is 1. The number of benzene rings is 2. The Morgan fingerprint density at radius 3 is 2.48 bits per heavy atom. The van der Waals surface area contributed by atoms with E-state index in [4.69, 9.17) is 14.2 Å². The number of phenolic OH excluding ortho intramolecular Hbond substituents is 1. The van der Waals surface area contributed by atoms with Crippen molar-refractivity contribution in [1.29, 1.82) is 0 Å². The summed E-state index contributed by atoms with van der Waals surface area (Å²) in [6, 6.07) is 9.97. The lowest BCUT2D eigenvalue weighted by molar-refractivity contribution is -0.139. The van der Waals surface area contributed by atoms with Crippen molar-refractivity contribution in [3.63, 3.8) is 0 Å². The maximum Gasteiger partial charge on any atom is 0.338 e. The van der Waals surface area contributed by atoms with Gasteiger partial charge in [-0.1, -0.05) is 17.4 Å². The minimum atomic E-state index is -0.791. The number of esters is 1. The Balaban J connectivity index is 1.91. The fraction of sp³-hybridized carbons (Fsp3) is 0.367. The number of hydrogen-bond donors (Lipinski definition) is 1. The van der Waals surface area contributed by atoms with Gasteiger partial charge >= 0.3 is 5.97 Å². The highest BCUT2D eigenvalue weighted by atomic mass is 32.1. The van der Waals surface area contributed by atoms with E-state index in [0.717, 1.165) is 18.8 Å². The molecule has 3 aromatic rings. The van der Waals surface area contributed by atoms with Gasteiger partial charge in [0.1, 0.15) is 5.75 Å². The summed E-state index contributed by atoms with van der Waals surface area (Å²) < 4.78 is 18.5. The Bertz CT molecular complexity index is 1620. The van der Waals surface area contributed by atoms with E-state index in [-0.39, 0.29) is 23.5 Å². The Morgan fingerprint density at radius 2 is 1.85 bits per heavy atom. The van der Waals surface area contributed by atoms with E-state index >= 15 is 0 Å². The van der Waals surface area contributed by atoms with E-state index in [1.54, 1.807) is 57.4 Å². The molecule has 10 heteroatoms. The Hall–Kier alpha value is -4.05. The van der Waals surface area contributed by atoms with Gasteiger partial charge in [0.25, 0.3) is 5.56 Å². The molecule has 2 heterocycles. The molecule has 1 N–H and O–H groups in total. The predicted molar refractivity (Wildman–Crippen MR) is 156 cm³/mol. The standard InChI is InChI=1S/C30H35N3O6S/c1-7-32(8-2)21-13-11-19(22(34)17-21)16-25-28(35)33-27(20-12-14-23(37-6)24(15-20)38-9-3)26(29(36)39-10-4)18(5)31-30(33)40-25/h11-17,27,34H,7-10H2,1-6H3/b25-16+/t27-/m1/s1. The number of fused-ring (bicyclic) bond motifs is 1. The minimum Gasteiger partial charge on any atom is -0.507 e. The van der Waals surface area contributed by atoms with Crippen molar-refractivity contribution in [3.05, 3.63) is 78.5 Å². The highest BCUT2D eigenvalue weighted by molar-refractivity contribution is 7.07. The van der Waals surface area contributed by atoms with Gasteiger partial charge in [-0.05, 0) is 70.5 Å². The Labute approximate surface area is 237 Å². The first-order chi connectivity index (χ1) is 19.3. The van der Waals surface area contributed by atoms with Gasteiger partial charge in [-0.3, -0.25) is 9.36 Å². The summed E-state index contributed by atoms with van der Waals surface area (Å²) in [6.45, 7) is 11.7. The summed E-state index contributed by atoms with van der Waals surface area (Å²) in [5.74, 6) is 0.578. The molecule has 2 aromatic carbocycles.